The van der Waals surface area contributed by atoms with Gasteiger partial charge in [0.2, 0.25) is 0 Å². The highest BCUT2D eigenvalue weighted by molar-refractivity contribution is 6.31. The molecule has 76 valence electrons. The third-order valence-corrected chi connectivity index (χ3v) is 2.49. The minimum atomic E-state index is 0.265. The van der Waals surface area contributed by atoms with E-state index >= 15 is 0 Å². The highest BCUT2D eigenvalue weighted by atomic mass is 35.5. The van der Waals surface area contributed by atoms with Crippen molar-refractivity contribution < 1.29 is 14.7 Å². The molecule has 1 aromatic rings. The standard InChI is InChI=1S/C9H10ClNO3/c10-8-1-2-9-7(4-13-5-14-9)6(8)3-11-12/h1-2,11-12H,3-5H2. The first-order valence-corrected chi connectivity index (χ1v) is 4.58. The van der Waals surface area contributed by atoms with Gasteiger partial charge in [0, 0.05) is 17.1 Å². The van der Waals surface area contributed by atoms with E-state index in [4.69, 9.17) is 26.3 Å². The maximum Gasteiger partial charge on any atom is 0.189 e. The number of ether oxygens (including phenoxy) is 2. The first-order chi connectivity index (χ1) is 6.83. The van der Waals surface area contributed by atoms with E-state index in [0.717, 1.165) is 16.9 Å². The molecule has 0 saturated carbocycles. The van der Waals surface area contributed by atoms with Crippen LogP contribution in [0.15, 0.2) is 12.1 Å². The molecule has 0 fully saturated rings. The van der Waals surface area contributed by atoms with E-state index in [1.54, 1.807) is 12.1 Å². The van der Waals surface area contributed by atoms with Crippen molar-refractivity contribution in [3.05, 3.63) is 28.3 Å². The van der Waals surface area contributed by atoms with E-state index in [0.29, 0.717) is 11.6 Å². The Morgan fingerprint density at radius 1 is 1.50 bits per heavy atom. The average Bonchev–Trinajstić information content (AvgIpc) is 2.23. The van der Waals surface area contributed by atoms with Gasteiger partial charge in [0.25, 0.3) is 0 Å². The molecule has 0 bridgehead atoms. The fraction of sp³-hybridized carbons (Fsp3) is 0.333. The predicted molar refractivity (Wildman–Crippen MR) is 50.4 cm³/mol. The molecule has 0 aromatic heterocycles. The van der Waals surface area contributed by atoms with Crippen molar-refractivity contribution in [3.63, 3.8) is 0 Å². The molecular formula is C9H10ClNO3. The van der Waals surface area contributed by atoms with Crippen LogP contribution in [0.4, 0.5) is 0 Å². The van der Waals surface area contributed by atoms with Crippen molar-refractivity contribution in [1.82, 2.24) is 5.48 Å². The van der Waals surface area contributed by atoms with Gasteiger partial charge in [0.05, 0.1) is 6.61 Å². The number of nitrogens with one attached hydrogen (secondary N) is 1. The van der Waals surface area contributed by atoms with Gasteiger partial charge in [0.15, 0.2) is 6.79 Å². The fourth-order valence-electron chi connectivity index (χ4n) is 1.46. The van der Waals surface area contributed by atoms with E-state index < -0.39 is 0 Å². The van der Waals surface area contributed by atoms with Gasteiger partial charge in [-0.25, -0.2) is 5.48 Å². The van der Waals surface area contributed by atoms with Gasteiger partial charge in [-0.1, -0.05) is 11.6 Å². The molecule has 0 radical (unpaired) electrons. The molecular weight excluding hydrogens is 206 g/mol. The SMILES string of the molecule is ONCc1c(Cl)ccc2c1COCO2. The number of hydrogen-bond donors (Lipinski definition) is 2. The summed E-state index contributed by atoms with van der Waals surface area (Å²) >= 11 is 5.98. The Bertz CT molecular complexity index is 343. The van der Waals surface area contributed by atoms with Crippen LogP contribution in [0.1, 0.15) is 11.1 Å². The van der Waals surface area contributed by atoms with Gasteiger partial charge in [-0.3, -0.25) is 0 Å². The topological polar surface area (TPSA) is 50.7 Å². The van der Waals surface area contributed by atoms with Crippen molar-refractivity contribution in [1.29, 1.82) is 0 Å². The van der Waals surface area contributed by atoms with E-state index in [1.165, 1.54) is 0 Å². The van der Waals surface area contributed by atoms with Crippen LogP contribution in [0, 0.1) is 0 Å². The van der Waals surface area contributed by atoms with Crippen molar-refractivity contribution in [2.24, 2.45) is 0 Å². The molecule has 2 rings (SSSR count). The van der Waals surface area contributed by atoms with Gasteiger partial charge in [-0.05, 0) is 17.7 Å². The summed E-state index contributed by atoms with van der Waals surface area (Å²) in [5, 5.41) is 9.25. The zero-order valence-corrected chi connectivity index (χ0v) is 8.17. The molecule has 0 atom stereocenters. The van der Waals surface area contributed by atoms with E-state index in [9.17, 15) is 0 Å². The fourth-order valence-corrected chi connectivity index (χ4v) is 1.70. The van der Waals surface area contributed by atoms with Gasteiger partial charge >= 0.3 is 0 Å². The Balaban J connectivity index is 2.43. The first-order valence-electron chi connectivity index (χ1n) is 4.20. The Kier molecular flexibility index (Phi) is 2.88. The van der Waals surface area contributed by atoms with Crippen molar-refractivity contribution >= 4 is 11.6 Å². The second-order valence-corrected chi connectivity index (χ2v) is 3.36. The number of rotatable bonds is 2. The lowest BCUT2D eigenvalue weighted by molar-refractivity contribution is -0.0171. The van der Waals surface area contributed by atoms with Crippen LogP contribution in [0.3, 0.4) is 0 Å². The summed E-state index contributed by atoms with van der Waals surface area (Å²) in [5.41, 5.74) is 3.78. The van der Waals surface area contributed by atoms with Gasteiger partial charge < -0.3 is 14.7 Å². The number of fused-ring (bicyclic) bond motifs is 1. The smallest absolute Gasteiger partial charge is 0.189 e. The molecule has 1 heterocycles. The summed E-state index contributed by atoms with van der Waals surface area (Å²) in [4.78, 5) is 0. The lowest BCUT2D eigenvalue weighted by Gasteiger charge is -2.21. The zero-order valence-electron chi connectivity index (χ0n) is 7.42. The van der Waals surface area contributed by atoms with E-state index in [1.807, 2.05) is 0 Å². The minimum absolute atomic E-state index is 0.265. The molecule has 1 aromatic carbocycles. The normalized spacial score (nSPS) is 14.7. The lowest BCUT2D eigenvalue weighted by atomic mass is 10.1. The number of halogens is 1. The van der Waals surface area contributed by atoms with Crippen LogP contribution in [0.25, 0.3) is 0 Å². The molecule has 1 aliphatic heterocycles. The number of hydrogen-bond acceptors (Lipinski definition) is 4. The lowest BCUT2D eigenvalue weighted by Crippen LogP contribution is -2.16. The van der Waals surface area contributed by atoms with Crippen molar-refractivity contribution in [3.8, 4) is 5.75 Å². The molecule has 0 unspecified atom stereocenters. The minimum Gasteiger partial charge on any atom is -0.467 e. The molecule has 5 heteroatoms. The third-order valence-electron chi connectivity index (χ3n) is 2.13. The Hall–Kier alpha value is -0.810. The molecule has 1 aliphatic rings. The summed E-state index contributed by atoms with van der Waals surface area (Å²) < 4.78 is 10.4. The van der Waals surface area contributed by atoms with Crippen molar-refractivity contribution in [2.45, 2.75) is 13.2 Å². The summed E-state index contributed by atoms with van der Waals surface area (Å²) in [6.07, 6.45) is 0. The summed E-state index contributed by atoms with van der Waals surface area (Å²) in [6, 6.07) is 3.56. The van der Waals surface area contributed by atoms with E-state index in [2.05, 4.69) is 5.48 Å². The van der Waals surface area contributed by atoms with E-state index in [-0.39, 0.29) is 13.3 Å². The van der Waals surface area contributed by atoms with Crippen LogP contribution in [-0.4, -0.2) is 12.0 Å². The second kappa shape index (κ2) is 4.14. The predicted octanol–water partition coefficient (Wildman–Crippen LogP) is 1.69. The van der Waals surface area contributed by atoms with Gasteiger partial charge in [-0.2, -0.15) is 0 Å². The van der Waals surface area contributed by atoms with Gasteiger partial charge in [0.1, 0.15) is 5.75 Å². The quantitative estimate of drug-likeness (QED) is 0.738. The van der Waals surface area contributed by atoms with Crippen LogP contribution in [0.5, 0.6) is 5.75 Å². The summed E-state index contributed by atoms with van der Waals surface area (Å²) in [6.45, 7) is 1.02. The molecule has 4 nitrogen and oxygen atoms in total. The molecule has 2 N–H and O–H groups in total. The zero-order chi connectivity index (χ0) is 9.97. The van der Waals surface area contributed by atoms with Gasteiger partial charge in [-0.15, -0.1) is 0 Å². The monoisotopic (exact) mass is 215 g/mol. The Labute approximate surface area is 86.3 Å². The Morgan fingerprint density at radius 3 is 3.14 bits per heavy atom. The highest BCUT2D eigenvalue weighted by Crippen LogP contribution is 2.31. The first kappa shape index (κ1) is 9.73. The van der Waals surface area contributed by atoms with Crippen LogP contribution < -0.4 is 10.2 Å². The second-order valence-electron chi connectivity index (χ2n) is 2.95. The van der Waals surface area contributed by atoms with Crippen LogP contribution in [-0.2, 0) is 17.9 Å². The number of benzene rings is 1. The van der Waals surface area contributed by atoms with Crippen LogP contribution in [0.2, 0.25) is 5.02 Å². The summed E-state index contributed by atoms with van der Waals surface area (Å²) in [7, 11) is 0. The molecule has 0 spiro atoms. The van der Waals surface area contributed by atoms with Crippen molar-refractivity contribution in [2.75, 3.05) is 6.79 Å². The molecule has 0 saturated heterocycles. The molecule has 0 aliphatic carbocycles. The third kappa shape index (κ3) is 1.69. The summed E-state index contributed by atoms with van der Waals surface area (Å²) in [5.74, 6) is 0.769. The number of hydroxylamine groups is 1. The largest absolute Gasteiger partial charge is 0.467 e. The molecule has 14 heavy (non-hydrogen) atoms. The maximum absolute atomic E-state index is 8.66. The Morgan fingerprint density at radius 2 is 2.36 bits per heavy atom. The maximum atomic E-state index is 8.66. The highest BCUT2D eigenvalue weighted by Gasteiger charge is 2.16. The van der Waals surface area contributed by atoms with Crippen LogP contribution >= 0.6 is 11.6 Å². The molecule has 0 amide bonds. The average molecular weight is 216 g/mol.